The van der Waals surface area contributed by atoms with Gasteiger partial charge in [0.2, 0.25) is 0 Å². The Morgan fingerprint density at radius 1 is 1.18 bits per heavy atom. The Kier molecular flexibility index (Phi) is 2.91. The highest BCUT2D eigenvalue weighted by Crippen LogP contribution is 2.39. The lowest BCUT2D eigenvalue weighted by Gasteiger charge is -2.40. The summed E-state index contributed by atoms with van der Waals surface area (Å²) < 4.78 is 19.5. The van der Waals surface area contributed by atoms with Gasteiger partial charge in [0.1, 0.15) is 17.4 Å². The molecule has 2 N–H and O–H groups in total. The molecule has 2 aliphatic heterocycles. The first-order chi connectivity index (χ1) is 10.5. The molecule has 2 aromatic heterocycles. The molecule has 2 saturated heterocycles. The van der Waals surface area contributed by atoms with Crippen LogP contribution in [-0.4, -0.2) is 50.7 Å². The molecule has 1 unspecified atom stereocenters. The van der Waals surface area contributed by atoms with Crippen molar-refractivity contribution < 1.29 is 14.2 Å². The molecule has 0 aromatic carbocycles. The normalized spacial score (nSPS) is 26.7. The number of nitrogen functional groups attached to an aromatic ring is 1. The molecule has 8 nitrogen and oxygen atoms in total. The molecule has 0 radical (unpaired) electrons. The third-order valence-electron chi connectivity index (χ3n) is 4.34. The van der Waals surface area contributed by atoms with Crippen LogP contribution in [0.2, 0.25) is 0 Å². The molecule has 0 aliphatic carbocycles. The summed E-state index contributed by atoms with van der Waals surface area (Å²) >= 11 is 0. The fourth-order valence-corrected chi connectivity index (χ4v) is 3.03. The fraction of sp³-hybridized carbons (Fsp3) is 0.643. The molecule has 4 rings (SSSR count). The zero-order chi connectivity index (χ0) is 15.4. The van der Waals surface area contributed by atoms with Gasteiger partial charge >= 0.3 is 0 Å². The van der Waals surface area contributed by atoms with E-state index in [9.17, 15) is 0 Å². The predicted molar refractivity (Wildman–Crippen MR) is 78.1 cm³/mol. The maximum Gasteiger partial charge on any atom is 0.165 e. The number of nitrogens with zero attached hydrogens (tertiary/aromatic N) is 4. The molecule has 8 heteroatoms. The van der Waals surface area contributed by atoms with Gasteiger partial charge in [0.25, 0.3) is 0 Å². The molecule has 2 aromatic rings. The quantitative estimate of drug-likeness (QED) is 0.835. The number of anilines is 1. The van der Waals surface area contributed by atoms with Crippen LogP contribution >= 0.6 is 0 Å². The second kappa shape index (κ2) is 4.61. The molecular formula is C14H19N5O3. The first-order valence-electron chi connectivity index (χ1n) is 7.33. The fourth-order valence-electron chi connectivity index (χ4n) is 3.03. The zero-order valence-corrected chi connectivity index (χ0v) is 12.7. The van der Waals surface area contributed by atoms with E-state index in [0.29, 0.717) is 31.2 Å². The van der Waals surface area contributed by atoms with Gasteiger partial charge in [-0.2, -0.15) is 0 Å². The largest absolute Gasteiger partial charge is 0.382 e. The SMILES string of the molecule is CC1(C)OCC2(CO1)CC(n1cnc3c(N)ncnc31)CO2. The van der Waals surface area contributed by atoms with Crippen LogP contribution in [0.5, 0.6) is 0 Å². The Hall–Kier alpha value is -1.77. The van der Waals surface area contributed by atoms with Crippen molar-refractivity contribution in [3.8, 4) is 0 Å². The van der Waals surface area contributed by atoms with Crippen molar-refractivity contribution in [1.82, 2.24) is 19.5 Å². The summed E-state index contributed by atoms with van der Waals surface area (Å²) in [7, 11) is 0. The van der Waals surface area contributed by atoms with Crippen molar-refractivity contribution in [3.63, 3.8) is 0 Å². The number of aromatic nitrogens is 4. The number of rotatable bonds is 1. The third-order valence-corrected chi connectivity index (χ3v) is 4.34. The summed E-state index contributed by atoms with van der Waals surface area (Å²) in [6, 6.07) is 0.132. The Bertz CT molecular complexity index is 704. The summed E-state index contributed by atoms with van der Waals surface area (Å²) in [5.41, 5.74) is 6.80. The first kappa shape index (κ1) is 13.9. The number of hydrogen-bond acceptors (Lipinski definition) is 7. The molecule has 118 valence electrons. The average molecular weight is 305 g/mol. The van der Waals surface area contributed by atoms with E-state index >= 15 is 0 Å². The topological polar surface area (TPSA) is 97.3 Å². The Morgan fingerprint density at radius 3 is 2.73 bits per heavy atom. The van der Waals surface area contributed by atoms with E-state index in [1.807, 2.05) is 18.4 Å². The maximum absolute atomic E-state index is 6.02. The minimum Gasteiger partial charge on any atom is -0.382 e. The van der Waals surface area contributed by atoms with Crippen molar-refractivity contribution in [2.75, 3.05) is 25.6 Å². The molecule has 2 fully saturated rings. The van der Waals surface area contributed by atoms with Gasteiger partial charge in [-0.15, -0.1) is 0 Å². The van der Waals surface area contributed by atoms with Crippen LogP contribution in [0.4, 0.5) is 5.82 Å². The standard InChI is InChI=1S/C14H19N5O3/c1-13(2)21-5-14(6-22-13)3-9(4-20-14)19-8-18-10-11(15)16-7-17-12(10)19/h7-9H,3-6H2,1-2H3,(H2,15,16,17). The second-order valence-electron chi connectivity index (χ2n) is 6.41. The van der Waals surface area contributed by atoms with Gasteiger partial charge in [0.15, 0.2) is 17.3 Å². The van der Waals surface area contributed by atoms with Gasteiger partial charge in [-0.05, 0) is 13.8 Å². The Balaban J connectivity index is 1.59. The number of fused-ring (bicyclic) bond motifs is 1. The summed E-state index contributed by atoms with van der Waals surface area (Å²) in [4.78, 5) is 12.6. The number of imidazole rings is 1. The molecule has 0 amide bonds. The van der Waals surface area contributed by atoms with Crippen LogP contribution < -0.4 is 5.73 Å². The highest BCUT2D eigenvalue weighted by Gasteiger charge is 2.47. The second-order valence-corrected chi connectivity index (χ2v) is 6.41. The lowest BCUT2D eigenvalue weighted by Crippen LogP contribution is -2.50. The smallest absolute Gasteiger partial charge is 0.165 e. The van der Waals surface area contributed by atoms with Crippen LogP contribution in [0.3, 0.4) is 0 Å². The van der Waals surface area contributed by atoms with Crippen molar-refractivity contribution in [2.24, 2.45) is 0 Å². The average Bonchev–Trinajstić information content (AvgIpc) is 3.08. The van der Waals surface area contributed by atoms with E-state index in [2.05, 4.69) is 15.0 Å². The van der Waals surface area contributed by atoms with Crippen molar-refractivity contribution in [1.29, 1.82) is 0 Å². The van der Waals surface area contributed by atoms with Gasteiger partial charge in [-0.1, -0.05) is 0 Å². The van der Waals surface area contributed by atoms with Gasteiger partial charge < -0.3 is 24.5 Å². The Morgan fingerprint density at radius 2 is 1.95 bits per heavy atom. The monoisotopic (exact) mass is 305 g/mol. The van der Waals surface area contributed by atoms with E-state index in [1.165, 1.54) is 6.33 Å². The number of ether oxygens (including phenoxy) is 3. The summed E-state index contributed by atoms with van der Waals surface area (Å²) in [6.07, 6.45) is 3.99. The van der Waals surface area contributed by atoms with E-state index in [-0.39, 0.29) is 6.04 Å². The van der Waals surface area contributed by atoms with Crippen LogP contribution in [0, 0.1) is 0 Å². The van der Waals surface area contributed by atoms with Crippen molar-refractivity contribution >= 4 is 17.0 Å². The van der Waals surface area contributed by atoms with Crippen LogP contribution in [-0.2, 0) is 14.2 Å². The van der Waals surface area contributed by atoms with Gasteiger partial charge in [-0.3, -0.25) is 0 Å². The van der Waals surface area contributed by atoms with Crippen LogP contribution in [0.25, 0.3) is 11.2 Å². The number of hydrogen-bond donors (Lipinski definition) is 1. The molecule has 0 bridgehead atoms. The first-order valence-corrected chi connectivity index (χ1v) is 7.33. The van der Waals surface area contributed by atoms with E-state index in [0.717, 1.165) is 12.1 Å². The zero-order valence-electron chi connectivity index (χ0n) is 12.7. The molecular weight excluding hydrogens is 286 g/mol. The van der Waals surface area contributed by atoms with Gasteiger partial charge in [-0.25, -0.2) is 15.0 Å². The van der Waals surface area contributed by atoms with Crippen molar-refractivity contribution in [2.45, 2.75) is 37.7 Å². The lowest BCUT2D eigenvalue weighted by molar-refractivity contribution is -0.301. The minimum atomic E-state index is -0.546. The predicted octanol–water partition coefficient (Wildman–Crippen LogP) is 0.892. The van der Waals surface area contributed by atoms with E-state index in [1.54, 1.807) is 6.33 Å². The van der Waals surface area contributed by atoms with Gasteiger partial charge in [0, 0.05) is 6.42 Å². The highest BCUT2D eigenvalue weighted by molar-refractivity contribution is 5.81. The van der Waals surface area contributed by atoms with Crippen molar-refractivity contribution in [3.05, 3.63) is 12.7 Å². The van der Waals surface area contributed by atoms with Crippen LogP contribution in [0.15, 0.2) is 12.7 Å². The van der Waals surface area contributed by atoms with Crippen LogP contribution in [0.1, 0.15) is 26.3 Å². The summed E-state index contributed by atoms with van der Waals surface area (Å²) in [5.74, 6) is -0.153. The third kappa shape index (κ3) is 2.15. The van der Waals surface area contributed by atoms with Gasteiger partial charge in [0.05, 0.1) is 32.2 Å². The maximum atomic E-state index is 6.02. The molecule has 0 saturated carbocycles. The summed E-state index contributed by atoms with van der Waals surface area (Å²) in [5, 5.41) is 0. The minimum absolute atomic E-state index is 0.132. The van der Waals surface area contributed by atoms with E-state index in [4.69, 9.17) is 19.9 Å². The highest BCUT2D eigenvalue weighted by atomic mass is 16.7. The van der Waals surface area contributed by atoms with E-state index < -0.39 is 11.4 Å². The molecule has 22 heavy (non-hydrogen) atoms. The lowest BCUT2D eigenvalue weighted by atomic mass is 9.98. The molecule has 1 spiro atoms. The molecule has 1 atom stereocenters. The molecule has 2 aliphatic rings. The number of nitrogens with two attached hydrogens (primary N) is 1. The Labute approximate surface area is 127 Å². The summed E-state index contributed by atoms with van der Waals surface area (Å²) in [6.45, 7) is 5.45. The molecule has 4 heterocycles.